The lowest BCUT2D eigenvalue weighted by molar-refractivity contribution is -0.137. The third-order valence-electron chi connectivity index (χ3n) is 6.18. The van der Waals surface area contributed by atoms with E-state index in [1.54, 1.807) is 19.2 Å². The molecule has 1 saturated heterocycles. The number of hydrogen-bond donors (Lipinski definition) is 1. The van der Waals surface area contributed by atoms with Gasteiger partial charge in [-0.1, -0.05) is 12.8 Å². The molecule has 1 aliphatic carbocycles. The molecule has 8 heteroatoms. The molecule has 0 bridgehead atoms. The van der Waals surface area contributed by atoms with E-state index in [1.807, 2.05) is 11.9 Å². The maximum absolute atomic E-state index is 13.0. The highest BCUT2D eigenvalue weighted by molar-refractivity contribution is 5.79. The van der Waals surface area contributed by atoms with Crippen molar-refractivity contribution >= 4 is 11.9 Å². The molecule has 1 heterocycles. The van der Waals surface area contributed by atoms with Crippen molar-refractivity contribution in [1.82, 2.24) is 20.0 Å². The van der Waals surface area contributed by atoms with Gasteiger partial charge in [0.2, 0.25) is 5.91 Å². The maximum atomic E-state index is 13.0. The first kappa shape index (κ1) is 23.3. The average molecular weight is 434 g/mol. The van der Waals surface area contributed by atoms with Gasteiger partial charge in [0.05, 0.1) is 6.54 Å². The number of likely N-dealkylation sites (N-methyl/N-ethyl adjacent to an activating group) is 1. The normalized spacial score (nSPS) is 18.3. The van der Waals surface area contributed by atoms with Crippen LogP contribution < -0.4 is 10.1 Å². The monoisotopic (exact) mass is 433 g/mol. The fourth-order valence-corrected chi connectivity index (χ4v) is 4.27. The number of piperazine rings is 1. The molecule has 2 fully saturated rings. The van der Waals surface area contributed by atoms with Crippen molar-refractivity contribution in [3.8, 4) is 5.75 Å². The molecule has 1 aliphatic heterocycles. The zero-order chi connectivity index (χ0) is 22.1. The van der Waals surface area contributed by atoms with Crippen LogP contribution in [0.25, 0.3) is 0 Å². The van der Waals surface area contributed by atoms with Crippen molar-refractivity contribution in [3.63, 3.8) is 0 Å². The predicted octanol–water partition coefficient (Wildman–Crippen LogP) is 2.05. The second kappa shape index (κ2) is 11.9. The van der Waals surface area contributed by atoms with Gasteiger partial charge in [0.25, 0.3) is 0 Å². The van der Waals surface area contributed by atoms with E-state index in [0.717, 1.165) is 58.1 Å². The van der Waals surface area contributed by atoms with Gasteiger partial charge in [-0.25, -0.2) is 4.39 Å². The molecule has 172 valence electrons. The summed E-state index contributed by atoms with van der Waals surface area (Å²) in [5.74, 6) is 1.86. The van der Waals surface area contributed by atoms with E-state index in [-0.39, 0.29) is 11.7 Å². The largest absolute Gasteiger partial charge is 0.492 e. The Labute approximate surface area is 185 Å². The summed E-state index contributed by atoms with van der Waals surface area (Å²) in [5.41, 5.74) is 0. The van der Waals surface area contributed by atoms with E-state index in [1.165, 1.54) is 25.0 Å². The Balaban J connectivity index is 1.30. The molecule has 0 spiro atoms. The van der Waals surface area contributed by atoms with Gasteiger partial charge in [-0.05, 0) is 37.1 Å². The molecular formula is C23H36FN5O2. The van der Waals surface area contributed by atoms with Gasteiger partial charge in [0.1, 0.15) is 18.2 Å². The molecule has 3 rings (SSSR count). The van der Waals surface area contributed by atoms with E-state index in [2.05, 4.69) is 20.1 Å². The molecule has 2 aliphatic rings. The van der Waals surface area contributed by atoms with Gasteiger partial charge < -0.3 is 19.9 Å². The van der Waals surface area contributed by atoms with Crippen LogP contribution in [0.5, 0.6) is 5.75 Å². The van der Waals surface area contributed by atoms with E-state index in [9.17, 15) is 9.18 Å². The average Bonchev–Trinajstić information content (AvgIpc) is 3.33. The van der Waals surface area contributed by atoms with Gasteiger partial charge in [0, 0.05) is 59.3 Å². The number of nitrogens with one attached hydrogen (secondary N) is 1. The van der Waals surface area contributed by atoms with Crippen LogP contribution in [0, 0.1) is 11.7 Å². The number of guanidine groups is 1. The summed E-state index contributed by atoms with van der Waals surface area (Å²) >= 11 is 0. The van der Waals surface area contributed by atoms with Crippen LogP contribution in [0.15, 0.2) is 29.3 Å². The number of ether oxygens (including phenoxy) is 1. The number of aliphatic imine (C=N–C) groups is 1. The minimum absolute atomic E-state index is 0.268. The summed E-state index contributed by atoms with van der Waals surface area (Å²) in [5, 5.41) is 3.40. The van der Waals surface area contributed by atoms with Gasteiger partial charge >= 0.3 is 0 Å². The number of rotatable bonds is 8. The molecule has 0 aromatic heterocycles. The minimum Gasteiger partial charge on any atom is -0.492 e. The molecule has 1 aromatic rings. The fourth-order valence-electron chi connectivity index (χ4n) is 4.27. The number of halogens is 1. The lowest BCUT2D eigenvalue weighted by atomic mass is 10.1. The van der Waals surface area contributed by atoms with Crippen LogP contribution in [-0.2, 0) is 4.79 Å². The maximum Gasteiger partial charge on any atom is 0.225 e. The standard InChI is InChI=1S/C23H36FN5O2/c1-25-23(27(2)17-18-31-21-9-7-20(24)8-10-21)26-11-12-28-13-15-29(16-14-28)22(30)19-5-3-4-6-19/h7-10,19H,3-6,11-18H2,1-2H3,(H,25,26). The zero-order valence-electron chi connectivity index (χ0n) is 18.9. The van der Waals surface area contributed by atoms with Crippen LogP contribution >= 0.6 is 0 Å². The molecule has 1 amide bonds. The smallest absolute Gasteiger partial charge is 0.225 e. The highest BCUT2D eigenvalue weighted by Crippen LogP contribution is 2.26. The van der Waals surface area contributed by atoms with Gasteiger partial charge in [0.15, 0.2) is 5.96 Å². The van der Waals surface area contributed by atoms with Crippen LogP contribution in [0.2, 0.25) is 0 Å². The lowest BCUT2D eigenvalue weighted by Gasteiger charge is -2.36. The van der Waals surface area contributed by atoms with E-state index < -0.39 is 0 Å². The molecule has 31 heavy (non-hydrogen) atoms. The Bertz CT molecular complexity index is 713. The summed E-state index contributed by atoms with van der Waals surface area (Å²) in [4.78, 5) is 23.4. The number of nitrogens with zero attached hydrogens (tertiary/aromatic N) is 4. The molecular weight excluding hydrogens is 397 g/mol. The lowest BCUT2D eigenvalue weighted by Crippen LogP contribution is -2.52. The predicted molar refractivity (Wildman–Crippen MR) is 121 cm³/mol. The van der Waals surface area contributed by atoms with Crippen LogP contribution in [0.3, 0.4) is 0 Å². The van der Waals surface area contributed by atoms with E-state index >= 15 is 0 Å². The quantitative estimate of drug-likeness (QED) is 0.502. The van der Waals surface area contributed by atoms with Crippen LogP contribution in [0.4, 0.5) is 4.39 Å². The Morgan fingerprint density at radius 2 is 1.87 bits per heavy atom. The summed E-state index contributed by atoms with van der Waals surface area (Å²) in [6, 6.07) is 6.04. The highest BCUT2D eigenvalue weighted by atomic mass is 19.1. The molecule has 1 N–H and O–H groups in total. The third-order valence-corrected chi connectivity index (χ3v) is 6.18. The number of hydrogen-bond acceptors (Lipinski definition) is 4. The van der Waals surface area contributed by atoms with E-state index in [4.69, 9.17) is 4.74 Å². The number of benzene rings is 1. The highest BCUT2D eigenvalue weighted by Gasteiger charge is 2.29. The Hall–Kier alpha value is -2.35. The van der Waals surface area contributed by atoms with Gasteiger partial charge in [-0.2, -0.15) is 0 Å². The van der Waals surface area contributed by atoms with Crippen molar-refractivity contribution < 1.29 is 13.9 Å². The molecule has 0 unspecified atom stereocenters. The second-order valence-electron chi connectivity index (χ2n) is 8.35. The number of amides is 1. The first-order valence-corrected chi connectivity index (χ1v) is 11.4. The molecule has 1 saturated carbocycles. The Morgan fingerprint density at radius 3 is 2.52 bits per heavy atom. The van der Waals surface area contributed by atoms with Gasteiger partial charge in [-0.15, -0.1) is 0 Å². The zero-order valence-corrected chi connectivity index (χ0v) is 18.9. The van der Waals surface area contributed by atoms with Crippen LogP contribution in [-0.4, -0.2) is 93.1 Å². The Morgan fingerprint density at radius 1 is 1.19 bits per heavy atom. The van der Waals surface area contributed by atoms with Crippen LogP contribution in [0.1, 0.15) is 25.7 Å². The molecule has 7 nitrogen and oxygen atoms in total. The first-order chi connectivity index (χ1) is 15.1. The summed E-state index contributed by atoms with van der Waals surface area (Å²) in [6.07, 6.45) is 4.56. The van der Waals surface area contributed by atoms with Crippen molar-refractivity contribution in [2.24, 2.45) is 10.9 Å². The SMILES string of the molecule is CN=C(NCCN1CCN(C(=O)C2CCCC2)CC1)N(C)CCOc1ccc(F)cc1. The molecule has 1 aromatic carbocycles. The minimum atomic E-state index is -0.268. The second-order valence-corrected chi connectivity index (χ2v) is 8.35. The van der Waals surface area contributed by atoms with Gasteiger partial charge in [-0.3, -0.25) is 14.7 Å². The van der Waals surface area contributed by atoms with Crippen molar-refractivity contribution in [1.29, 1.82) is 0 Å². The third kappa shape index (κ3) is 7.09. The van der Waals surface area contributed by atoms with E-state index in [0.29, 0.717) is 24.8 Å². The van der Waals surface area contributed by atoms with Crippen molar-refractivity contribution in [3.05, 3.63) is 30.1 Å². The fraction of sp³-hybridized carbons (Fsp3) is 0.652. The van der Waals surface area contributed by atoms with Crippen molar-refractivity contribution in [2.45, 2.75) is 25.7 Å². The molecule has 0 radical (unpaired) electrons. The number of carbonyl (C=O) groups is 1. The summed E-state index contributed by atoms with van der Waals surface area (Å²) in [7, 11) is 3.74. The summed E-state index contributed by atoms with van der Waals surface area (Å²) in [6.45, 7) is 6.41. The summed E-state index contributed by atoms with van der Waals surface area (Å²) < 4.78 is 18.6. The molecule has 0 atom stereocenters. The number of carbonyl (C=O) groups excluding carboxylic acids is 1. The Kier molecular flexibility index (Phi) is 8.94. The first-order valence-electron chi connectivity index (χ1n) is 11.4. The van der Waals surface area contributed by atoms with Crippen molar-refractivity contribution in [2.75, 3.05) is 66.5 Å². The topological polar surface area (TPSA) is 60.4 Å².